The van der Waals surface area contributed by atoms with E-state index in [-0.39, 0.29) is 22.4 Å². The summed E-state index contributed by atoms with van der Waals surface area (Å²) in [6.07, 6.45) is 0. The van der Waals surface area contributed by atoms with Crippen LogP contribution in [0.15, 0.2) is 34.2 Å². The molecule has 0 radical (unpaired) electrons. The van der Waals surface area contributed by atoms with Crippen molar-refractivity contribution < 1.29 is 9.53 Å². The first-order chi connectivity index (χ1) is 11.0. The molecule has 0 fully saturated rings. The third-order valence-electron chi connectivity index (χ3n) is 2.79. The highest BCUT2D eigenvalue weighted by Gasteiger charge is 2.14. The van der Waals surface area contributed by atoms with Crippen LogP contribution in [0.2, 0.25) is 0 Å². The summed E-state index contributed by atoms with van der Waals surface area (Å²) in [6.45, 7) is 0. The highest BCUT2D eigenvalue weighted by molar-refractivity contribution is 7.99. The van der Waals surface area contributed by atoms with Crippen molar-refractivity contribution in [1.29, 1.82) is 5.26 Å². The van der Waals surface area contributed by atoms with Crippen LogP contribution < -0.4 is 21.3 Å². The number of thioether (sulfide) groups is 1. The van der Waals surface area contributed by atoms with Crippen LogP contribution >= 0.6 is 11.8 Å². The van der Waals surface area contributed by atoms with Gasteiger partial charge in [0, 0.05) is 5.56 Å². The van der Waals surface area contributed by atoms with Crippen molar-refractivity contribution in [2.45, 2.75) is 5.16 Å². The minimum Gasteiger partial charge on any atom is -0.497 e. The van der Waals surface area contributed by atoms with E-state index in [9.17, 15) is 9.59 Å². The number of nitrogens with two attached hydrogens (primary N) is 1. The Hall–Kier alpha value is -2.99. The lowest BCUT2D eigenvalue weighted by molar-refractivity contribution is 0.102. The predicted octanol–water partition coefficient (Wildman–Crippen LogP) is 1.23. The van der Waals surface area contributed by atoms with Gasteiger partial charge in [0.1, 0.15) is 11.4 Å². The molecule has 0 saturated heterocycles. The Kier molecular flexibility index (Phi) is 5.22. The van der Waals surface area contributed by atoms with Gasteiger partial charge in [0.05, 0.1) is 18.9 Å². The zero-order chi connectivity index (χ0) is 16.8. The molecule has 1 aromatic carbocycles. The van der Waals surface area contributed by atoms with Gasteiger partial charge in [-0.3, -0.25) is 14.6 Å². The molecule has 8 nitrogen and oxygen atoms in total. The van der Waals surface area contributed by atoms with Gasteiger partial charge < -0.3 is 15.8 Å². The van der Waals surface area contributed by atoms with Crippen LogP contribution in [0, 0.1) is 11.3 Å². The topological polar surface area (TPSA) is 134 Å². The van der Waals surface area contributed by atoms with Gasteiger partial charge in [0.15, 0.2) is 11.0 Å². The number of nitriles is 1. The molecule has 0 aliphatic rings. The second kappa shape index (κ2) is 7.33. The van der Waals surface area contributed by atoms with Crippen molar-refractivity contribution in [2.75, 3.05) is 23.9 Å². The van der Waals surface area contributed by atoms with Gasteiger partial charge in [-0.05, 0) is 24.3 Å². The Morgan fingerprint density at radius 1 is 1.48 bits per heavy atom. The number of nitrogens with zero attached hydrogens (tertiary/aromatic N) is 2. The number of aromatic nitrogens is 2. The minimum absolute atomic E-state index is 0.115. The first-order valence-corrected chi connectivity index (χ1v) is 7.38. The summed E-state index contributed by atoms with van der Waals surface area (Å²) in [6, 6.07) is 8.28. The van der Waals surface area contributed by atoms with Crippen molar-refractivity contribution in [3.8, 4) is 11.8 Å². The van der Waals surface area contributed by atoms with E-state index in [1.54, 1.807) is 24.3 Å². The van der Waals surface area contributed by atoms with Crippen molar-refractivity contribution in [3.63, 3.8) is 0 Å². The molecule has 2 rings (SSSR count). The number of benzene rings is 1. The molecule has 1 heterocycles. The number of hydrogen-bond acceptors (Lipinski definition) is 7. The van der Waals surface area contributed by atoms with Crippen molar-refractivity contribution in [2.24, 2.45) is 0 Å². The van der Waals surface area contributed by atoms with E-state index in [4.69, 9.17) is 15.7 Å². The molecule has 1 aromatic heterocycles. The highest BCUT2D eigenvalue weighted by atomic mass is 32.2. The summed E-state index contributed by atoms with van der Waals surface area (Å²) in [5.74, 6) is 0.125. The summed E-state index contributed by atoms with van der Waals surface area (Å²) in [5.41, 5.74) is 5.33. The third kappa shape index (κ3) is 4.02. The molecule has 0 saturated carbocycles. The van der Waals surface area contributed by atoms with Gasteiger partial charge in [0.25, 0.3) is 11.5 Å². The zero-order valence-corrected chi connectivity index (χ0v) is 12.9. The zero-order valence-electron chi connectivity index (χ0n) is 12.1. The van der Waals surface area contributed by atoms with E-state index in [1.807, 2.05) is 6.07 Å². The molecule has 0 spiro atoms. The third-order valence-corrected chi connectivity index (χ3v) is 3.53. The van der Waals surface area contributed by atoms with Crippen LogP contribution in [-0.4, -0.2) is 28.7 Å². The van der Waals surface area contributed by atoms with E-state index in [0.29, 0.717) is 11.3 Å². The normalized spacial score (nSPS) is 9.91. The molecule has 2 aromatic rings. The lowest BCUT2D eigenvalue weighted by atomic mass is 10.2. The van der Waals surface area contributed by atoms with E-state index < -0.39 is 11.5 Å². The second-order valence-electron chi connectivity index (χ2n) is 4.26. The number of aromatic amines is 1. The Balaban J connectivity index is 2.20. The van der Waals surface area contributed by atoms with Gasteiger partial charge in [-0.15, -0.1) is 0 Å². The molecule has 0 bridgehead atoms. The molecular weight excluding hydrogens is 318 g/mol. The molecule has 9 heteroatoms. The van der Waals surface area contributed by atoms with Crippen LogP contribution in [0.5, 0.6) is 5.75 Å². The molecule has 0 atom stereocenters. The molecule has 1 amide bonds. The van der Waals surface area contributed by atoms with Gasteiger partial charge >= 0.3 is 0 Å². The monoisotopic (exact) mass is 331 g/mol. The van der Waals surface area contributed by atoms with E-state index >= 15 is 0 Å². The average molecular weight is 331 g/mol. The summed E-state index contributed by atoms with van der Waals surface area (Å²) in [4.78, 5) is 30.5. The number of amides is 1. The lowest BCUT2D eigenvalue weighted by Crippen LogP contribution is -2.23. The molecule has 118 valence electrons. The second-order valence-corrected chi connectivity index (χ2v) is 5.22. The van der Waals surface area contributed by atoms with Crippen molar-refractivity contribution in [3.05, 3.63) is 40.2 Å². The van der Waals surface area contributed by atoms with Crippen LogP contribution in [0.1, 0.15) is 10.4 Å². The maximum Gasteiger partial charge on any atom is 0.277 e. The number of carbonyl (C=O) groups is 1. The Morgan fingerprint density at radius 2 is 2.17 bits per heavy atom. The van der Waals surface area contributed by atoms with Crippen molar-refractivity contribution in [1.82, 2.24) is 9.97 Å². The highest BCUT2D eigenvalue weighted by Crippen LogP contribution is 2.17. The van der Waals surface area contributed by atoms with Crippen LogP contribution in [0.25, 0.3) is 0 Å². The Bertz CT molecular complexity index is 811. The van der Waals surface area contributed by atoms with Gasteiger partial charge in [-0.2, -0.15) is 5.26 Å². The predicted molar refractivity (Wildman–Crippen MR) is 86.6 cm³/mol. The first-order valence-electron chi connectivity index (χ1n) is 6.40. The average Bonchev–Trinajstić information content (AvgIpc) is 2.56. The molecule has 23 heavy (non-hydrogen) atoms. The number of ether oxygens (including phenoxy) is 1. The summed E-state index contributed by atoms with van der Waals surface area (Å²) < 4.78 is 5.01. The van der Waals surface area contributed by atoms with Crippen LogP contribution in [-0.2, 0) is 0 Å². The van der Waals surface area contributed by atoms with E-state index in [0.717, 1.165) is 11.8 Å². The van der Waals surface area contributed by atoms with Gasteiger partial charge in [-0.1, -0.05) is 11.8 Å². The number of nitrogens with one attached hydrogen (secondary N) is 2. The molecule has 0 aliphatic carbocycles. The van der Waals surface area contributed by atoms with Crippen LogP contribution in [0.3, 0.4) is 0 Å². The molecule has 4 N–H and O–H groups in total. The summed E-state index contributed by atoms with van der Waals surface area (Å²) in [5, 5.41) is 11.2. The van der Waals surface area contributed by atoms with E-state index in [1.165, 1.54) is 7.11 Å². The quantitative estimate of drug-likeness (QED) is 0.554. The molecule has 0 unspecified atom stereocenters. The maximum absolute atomic E-state index is 12.1. The largest absolute Gasteiger partial charge is 0.497 e. The van der Waals surface area contributed by atoms with Crippen LogP contribution in [0.4, 0.5) is 11.5 Å². The summed E-state index contributed by atoms with van der Waals surface area (Å²) in [7, 11) is 1.52. The lowest BCUT2D eigenvalue weighted by Gasteiger charge is -2.08. The number of hydrogen-bond donors (Lipinski definition) is 3. The molecule has 0 aliphatic heterocycles. The fourth-order valence-electron chi connectivity index (χ4n) is 1.69. The fourth-order valence-corrected chi connectivity index (χ4v) is 2.22. The summed E-state index contributed by atoms with van der Waals surface area (Å²) >= 11 is 1.04. The SMILES string of the molecule is COc1ccc(C(=O)Nc2c(N)nc(SCC#N)[nH]c2=O)cc1. The Morgan fingerprint density at radius 3 is 2.74 bits per heavy atom. The van der Waals surface area contributed by atoms with Gasteiger partial charge in [-0.25, -0.2) is 4.98 Å². The van der Waals surface area contributed by atoms with E-state index in [2.05, 4.69) is 15.3 Å². The number of methoxy groups -OCH3 is 1. The minimum atomic E-state index is -0.584. The van der Waals surface area contributed by atoms with Crippen molar-refractivity contribution >= 4 is 29.2 Å². The maximum atomic E-state index is 12.1. The fraction of sp³-hybridized carbons (Fsp3) is 0.143. The standard InChI is InChI=1S/C14H13N5O3S/c1-22-9-4-2-8(3-5-9)12(20)17-10-11(16)18-14(19-13(10)21)23-7-6-15/h2-5H,7H2,1H3,(H,17,20)(H3,16,18,19,21). The first kappa shape index (κ1) is 16.4. The molecular formula is C14H13N5O3S. The number of anilines is 2. The number of nitrogen functional groups attached to an aromatic ring is 1. The Labute approximate surface area is 135 Å². The van der Waals surface area contributed by atoms with Gasteiger partial charge in [0.2, 0.25) is 0 Å². The smallest absolute Gasteiger partial charge is 0.277 e. The number of rotatable bonds is 5. The number of carbonyl (C=O) groups excluding carboxylic acids is 1. The number of H-pyrrole nitrogens is 1.